The van der Waals surface area contributed by atoms with Crippen LogP contribution < -0.4 is 4.74 Å². The molecule has 0 heterocycles. The van der Waals surface area contributed by atoms with Crippen molar-refractivity contribution in [1.82, 2.24) is 0 Å². The molecule has 1 aliphatic rings. The second-order valence-electron chi connectivity index (χ2n) is 7.38. The molecule has 0 saturated carbocycles. The van der Waals surface area contributed by atoms with Gasteiger partial charge in [0.2, 0.25) is 0 Å². The molecule has 2 rings (SSSR count). The maximum atomic E-state index is 5.41. The van der Waals surface area contributed by atoms with Crippen molar-refractivity contribution in [3.8, 4) is 5.75 Å². The molecular formula is C23H34OSiTi. The van der Waals surface area contributed by atoms with E-state index in [1.165, 1.54) is 0 Å². The molecule has 0 radical (unpaired) electrons. The molecule has 0 fully saturated rings. The Kier molecular flexibility index (Phi) is 9.63. The second kappa shape index (κ2) is 10.9. The summed E-state index contributed by atoms with van der Waals surface area (Å²) < 4.78 is 7.26. The number of allylic oxidation sites excluding steroid dienone is 6. The molecule has 140 valence electrons. The number of para-hydroxylation sites is 1. The number of benzene rings is 1. The zero-order valence-corrected chi connectivity index (χ0v) is 20.5. The third-order valence-corrected chi connectivity index (χ3v) is 11.2. The van der Waals surface area contributed by atoms with Gasteiger partial charge in [-0.2, -0.15) is 0 Å². The van der Waals surface area contributed by atoms with Crippen LogP contribution in [0.25, 0.3) is 0 Å². The molecule has 0 bridgehead atoms. The van der Waals surface area contributed by atoms with E-state index in [2.05, 4.69) is 47.4 Å². The molecule has 26 heavy (non-hydrogen) atoms. The van der Waals surface area contributed by atoms with Gasteiger partial charge in [0.15, 0.2) is 0 Å². The SMILES string of the molecule is C=C(C)C(C)=COc1ccccc1.CC1=C(C)C(C)[C]([Ti][SiH](C)C)=C1C. The Bertz CT molecular complexity index is 711. The van der Waals surface area contributed by atoms with Gasteiger partial charge >= 0.3 is 92.4 Å². The van der Waals surface area contributed by atoms with E-state index < -0.39 is 0 Å². The normalized spacial score (nSPS) is 17.3. The van der Waals surface area contributed by atoms with E-state index in [-0.39, 0.29) is 25.1 Å². The minimum atomic E-state index is -0.315. The molecule has 0 amide bonds. The summed E-state index contributed by atoms with van der Waals surface area (Å²) in [6.07, 6.45) is 1.72. The molecule has 0 N–H and O–H groups in total. The van der Waals surface area contributed by atoms with Gasteiger partial charge in [0, 0.05) is 0 Å². The summed E-state index contributed by atoms with van der Waals surface area (Å²) >= 11 is 0.267. The molecule has 1 unspecified atom stereocenters. The minimum absolute atomic E-state index is 0.267. The van der Waals surface area contributed by atoms with Crippen LogP contribution in [0.2, 0.25) is 13.1 Å². The first kappa shape index (κ1) is 23.0. The molecule has 1 aromatic carbocycles. The van der Waals surface area contributed by atoms with E-state index in [1.807, 2.05) is 48.1 Å². The molecular weight excluding hydrogens is 368 g/mol. The molecule has 1 aromatic rings. The monoisotopic (exact) mass is 402 g/mol. The van der Waals surface area contributed by atoms with Gasteiger partial charge in [-0.1, -0.05) is 30.4 Å². The maximum absolute atomic E-state index is 5.41. The average Bonchev–Trinajstić information content (AvgIpc) is 2.78. The van der Waals surface area contributed by atoms with Crippen LogP contribution in [0.1, 0.15) is 41.5 Å². The van der Waals surface area contributed by atoms with Crippen LogP contribution in [0.15, 0.2) is 74.9 Å². The molecule has 1 nitrogen and oxygen atoms in total. The van der Waals surface area contributed by atoms with Gasteiger partial charge in [0.05, 0.1) is 6.26 Å². The first-order valence-electron chi connectivity index (χ1n) is 9.34. The number of rotatable bonds is 5. The van der Waals surface area contributed by atoms with E-state index in [4.69, 9.17) is 4.74 Å². The van der Waals surface area contributed by atoms with E-state index in [0.29, 0.717) is 0 Å². The van der Waals surface area contributed by atoms with E-state index in [9.17, 15) is 0 Å². The van der Waals surface area contributed by atoms with Gasteiger partial charge in [0.25, 0.3) is 0 Å². The van der Waals surface area contributed by atoms with Crippen molar-refractivity contribution in [3.05, 3.63) is 74.9 Å². The molecule has 0 aromatic heterocycles. The van der Waals surface area contributed by atoms with Crippen molar-refractivity contribution in [1.29, 1.82) is 0 Å². The molecule has 0 spiro atoms. The number of ether oxygens (including phenoxy) is 1. The number of hydrogen-bond acceptors (Lipinski definition) is 1. The molecule has 1 aliphatic carbocycles. The first-order valence-corrected chi connectivity index (χ1v) is 15.7. The summed E-state index contributed by atoms with van der Waals surface area (Å²) in [4.78, 5) is 0. The Hall–Kier alpha value is -1.09. The Morgan fingerprint density at radius 2 is 1.65 bits per heavy atom. The zero-order valence-electron chi connectivity index (χ0n) is 17.7. The summed E-state index contributed by atoms with van der Waals surface area (Å²) in [7, 11) is 0. The average molecular weight is 402 g/mol. The summed E-state index contributed by atoms with van der Waals surface area (Å²) in [6.45, 7) is 21.8. The zero-order chi connectivity index (χ0) is 19.9. The molecule has 1 atom stereocenters. The van der Waals surface area contributed by atoms with Gasteiger partial charge < -0.3 is 4.74 Å². The first-order chi connectivity index (χ1) is 12.1. The van der Waals surface area contributed by atoms with E-state index in [0.717, 1.165) is 22.8 Å². The van der Waals surface area contributed by atoms with Crippen LogP contribution in [0.3, 0.4) is 0 Å². The Labute approximate surface area is 170 Å². The van der Waals surface area contributed by atoms with Gasteiger partial charge in [-0.25, -0.2) is 0 Å². The van der Waals surface area contributed by atoms with Crippen LogP contribution in [0.4, 0.5) is 0 Å². The van der Waals surface area contributed by atoms with Crippen LogP contribution in [0, 0.1) is 5.92 Å². The van der Waals surface area contributed by atoms with Crippen molar-refractivity contribution < 1.29 is 23.1 Å². The van der Waals surface area contributed by atoms with Crippen molar-refractivity contribution in [2.75, 3.05) is 0 Å². The van der Waals surface area contributed by atoms with Crippen molar-refractivity contribution >= 4 is 6.66 Å². The van der Waals surface area contributed by atoms with E-state index >= 15 is 0 Å². The van der Waals surface area contributed by atoms with Gasteiger partial charge in [0.1, 0.15) is 5.75 Å². The topological polar surface area (TPSA) is 9.23 Å². The number of hydrogen-bond donors (Lipinski definition) is 0. The van der Waals surface area contributed by atoms with Crippen LogP contribution in [0.5, 0.6) is 5.75 Å². The summed E-state index contributed by atoms with van der Waals surface area (Å²) in [5, 5.41) is 0. The summed E-state index contributed by atoms with van der Waals surface area (Å²) in [5.74, 6) is 1.64. The van der Waals surface area contributed by atoms with Gasteiger partial charge in [-0.15, -0.1) is 0 Å². The van der Waals surface area contributed by atoms with Crippen molar-refractivity contribution in [2.45, 2.75) is 54.6 Å². The van der Waals surface area contributed by atoms with Crippen molar-refractivity contribution in [2.24, 2.45) is 5.92 Å². The van der Waals surface area contributed by atoms with Gasteiger partial charge in [-0.3, -0.25) is 0 Å². The fourth-order valence-electron chi connectivity index (χ4n) is 2.66. The predicted octanol–water partition coefficient (Wildman–Crippen LogP) is 6.86. The van der Waals surface area contributed by atoms with Gasteiger partial charge in [-0.05, 0) is 31.6 Å². The van der Waals surface area contributed by atoms with Crippen molar-refractivity contribution in [3.63, 3.8) is 0 Å². The summed E-state index contributed by atoms with van der Waals surface area (Å²) in [5.41, 5.74) is 6.94. The third kappa shape index (κ3) is 6.91. The fraction of sp³-hybridized carbons (Fsp3) is 0.391. The Balaban J connectivity index is 0.000000260. The quantitative estimate of drug-likeness (QED) is 0.297. The standard InChI is InChI=1S/C12H14O.C9H13.C2H7Si.Ti/c1-10(2)11(3)9-13-12-7-5-4-6-8-12;1-6-5-7(2)9(4)8(6)3;1-3-2;/h4-9H,1H2,2-3H3;6H,1-4H3;3H,1-2H3;. The second-order valence-corrected chi connectivity index (χ2v) is 17.6. The fourth-order valence-corrected chi connectivity index (χ4v) is 9.48. The van der Waals surface area contributed by atoms with Crippen LogP contribution in [-0.4, -0.2) is 6.66 Å². The summed E-state index contributed by atoms with van der Waals surface area (Å²) in [6, 6.07) is 9.69. The molecule has 0 aliphatic heterocycles. The van der Waals surface area contributed by atoms with Crippen LogP contribution >= 0.6 is 0 Å². The Morgan fingerprint density at radius 1 is 1.08 bits per heavy atom. The molecule has 0 saturated heterocycles. The van der Waals surface area contributed by atoms with E-state index in [1.54, 1.807) is 23.0 Å². The molecule has 3 heteroatoms. The third-order valence-electron chi connectivity index (χ3n) is 4.87. The predicted molar refractivity (Wildman–Crippen MR) is 115 cm³/mol. The Morgan fingerprint density at radius 3 is 2.08 bits per heavy atom. The van der Waals surface area contributed by atoms with Crippen LogP contribution in [-0.2, 0) is 18.4 Å².